The predicted molar refractivity (Wildman–Crippen MR) is 110 cm³/mol. The molecule has 0 saturated carbocycles. The summed E-state index contributed by atoms with van der Waals surface area (Å²) in [6, 6.07) is 11.9. The summed E-state index contributed by atoms with van der Waals surface area (Å²) >= 11 is 6.75. The maximum atomic E-state index is 12.4. The molecule has 2 heterocycles. The Balaban J connectivity index is 1.66. The number of anilines is 1. The molecule has 2 N–H and O–H groups in total. The number of aromatic nitrogens is 1. The molecule has 0 aliphatic carbocycles. The number of aryl methyl sites for hydroxylation is 1. The average Bonchev–Trinajstić information content (AvgIpc) is 3.14. The number of carbonyl (C=O) groups excluding carboxylic acids is 2. The Morgan fingerprint density at radius 3 is 2.76 bits per heavy atom. The summed E-state index contributed by atoms with van der Waals surface area (Å²) in [6.45, 7) is 1.43. The lowest BCUT2D eigenvalue weighted by Gasteiger charge is -2.08. The van der Waals surface area contributed by atoms with Crippen LogP contribution in [-0.4, -0.2) is 21.5 Å². The number of carbonyl (C=O) groups is 2. The van der Waals surface area contributed by atoms with Crippen molar-refractivity contribution in [3.63, 3.8) is 0 Å². The van der Waals surface area contributed by atoms with Crippen molar-refractivity contribution in [3.8, 4) is 5.88 Å². The van der Waals surface area contributed by atoms with Gasteiger partial charge in [-0.3, -0.25) is 19.0 Å². The Kier molecular flexibility index (Phi) is 4.81. The molecule has 2 amide bonds. The van der Waals surface area contributed by atoms with Crippen LogP contribution in [0.5, 0.6) is 5.88 Å². The second-order valence-electron chi connectivity index (χ2n) is 6.43. The number of rotatable bonds is 4. The van der Waals surface area contributed by atoms with E-state index in [9.17, 15) is 19.5 Å². The van der Waals surface area contributed by atoms with Gasteiger partial charge in [0.25, 0.3) is 5.91 Å². The third-order valence-electron chi connectivity index (χ3n) is 4.46. The van der Waals surface area contributed by atoms with Crippen LogP contribution in [0.15, 0.2) is 52.3 Å². The zero-order valence-electron chi connectivity index (χ0n) is 15.1. The van der Waals surface area contributed by atoms with Crippen LogP contribution in [0.4, 0.5) is 5.69 Å². The van der Waals surface area contributed by atoms with Gasteiger partial charge in [0.05, 0.1) is 10.9 Å². The number of amides is 2. The lowest BCUT2D eigenvalue weighted by Crippen LogP contribution is -2.24. The summed E-state index contributed by atoms with van der Waals surface area (Å²) in [6.07, 6.45) is 0. The summed E-state index contributed by atoms with van der Waals surface area (Å²) in [5, 5.41) is 14.7. The second kappa shape index (κ2) is 7.31. The van der Waals surface area contributed by atoms with Crippen LogP contribution >= 0.6 is 22.9 Å². The van der Waals surface area contributed by atoms with Crippen LogP contribution in [0.3, 0.4) is 0 Å². The van der Waals surface area contributed by atoms with E-state index in [1.165, 1.54) is 0 Å². The summed E-state index contributed by atoms with van der Waals surface area (Å²) in [4.78, 5) is 40.5. The zero-order valence-corrected chi connectivity index (χ0v) is 16.7. The van der Waals surface area contributed by atoms with Gasteiger partial charge in [-0.2, -0.15) is 0 Å². The molecule has 0 fully saturated rings. The van der Waals surface area contributed by atoms with Crippen LogP contribution in [0.1, 0.15) is 10.4 Å². The number of aromatic hydroxyl groups is 1. The van der Waals surface area contributed by atoms with Crippen LogP contribution in [-0.2, 0) is 16.1 Å². The maximum Gasteiger partial charge on any atom is 0.311 e. The molecule has 1 aromatic heterocycles. The summed E-state index contributed by atoms with van der Waals surface area (Å²) in [7, 11) is 0. The molecule has 29 heavy (non-hydrogen) atoms. The van der Waals surface area contributed by atoms with Crippen molar-refractivity contribution in [3.05, 3.63) is 78.2 Å². The molecule has 0 saturated heterocycles. The first-order chi connectivity index (χ1) is 13.8. The zero-order chi connectivity index (χ0) is 20.7. The molecule has 146 valence electrons. The number of hydrogen-bond donors (Lipinski definition) is 2. The van der Waals surface area contributed by atoms with E-state index in [1.54, 1.807) is 42.5 Å². The Hall–Kier alpha value is -3.23. The first-order valence-electron chi connectivity index (χ1n) is 8.56. The summed E-state index contributed by atoms with van der Waals surface area (Å²) in [5.74, 6) is -1.49. The quantitative estimate of drug-likeness (QED) is 0.660. The molecular weight excluding hydrogens is 414 g/mol. The molecule has 9 heteroatoms. The lowest BCUT2D eigenvalue weighted by atomic mass is 10.1. The highest BCUT2D eigenvalue weighted by Crippen LogP contribution is 2.28. The van der Waals surface area contributed by atoms with E-state index >= 15 is 0 Å². The van der Waals surface area contributed by atoms with Crippen molar-refractivity contribution in [2.24, 2.45) is 4.99 Å². The van der Waals surface area contributed by atoms with E-state index in [4.69, 9.17) is 11.6 Å². The maximum absolute atomic E-state index is 12.4. The van der Waals surface area contributed by atoms with Gasteiger partial charge < -0.3 is 10.4 Å². The van der Waals surface area contributed by atoms with E-state index < -0.39 is 29.1 Å². The van der Waals surface area contributed by atoms with E-state index in [0.29, 0.717) is 32.6 Å². The van der Waals surface area contributed by atoms with Gasteiger partial charge in [0.2, 0.25) is 11.8 Å². The average molecular weight is 428 g/mol. The number of nitrogens with one attached hydrogen (secondary N) is 1. The smallest absolute Gasteiger partial charge is 0.311 e. The van der Waals surface area contributed by atoms with E-state index in [0.717, 1.165) is 10.1 Å². The molecule has 7 nitrogen and oxygen atoms in total. The largest absolute Gasteiger partial charge is 0.493 e. The second-order valence-corrected chi connectivity index (χ2v) is 7.80. The fourth-order valence-corrected chi connectivity index (χ4v) is 4.11. The predicted octanol–water partition coefficient (Wildman–Crippen LogP) is 1.57. The van der Waals surface area contributed by atoms with Crippen LogP contribution in [0.25, 0.3) is 5.57 Å². The van der Waals surface area contributed by atoms with E-state index in [1.807, 2.05) is 6.92 Å². The van der Waals surface area contributed by atoms with Gasteiger partial charge in [0.1, 0.15) is 11.4 Å². The molecule has 3 aromatic rings. The van der Waals surface area contributed by atoms with Crippen LogP contribution in [0, 0.1) is 6.92 Å². The number of para-hydroxylation sites is 1. The fourth-order valence-electron chi connectivity index (χ4n) is 3.00. The van der Waals surface area contributed by atoms with Crippen molar-refractivity contribution >= 4 is 46.0 Å². The summed E-state index contributed by atoms with van der Waals surface area (Å²) < 4.78 is 0.923. The van der Waals surface area contributed by atoms with Crippen molar-refractivity contribution in [2.75, 3.05) is 5.32 Å². The number of nitrogens with zero attached hydrogens (tertiary/aromatic N) is 2. The normalized spacial score (nSPS) is 12.6. The number of benzene rings is 2. The first-order valence-corrected chi connectivity index (χ1v) is 9.76. The van der Waals surface area contributed by atoms with Crippen molar-refractivity contribution in [1.82, 2.24) is 4.57 Å². The van der Waals surface area contributed by atoms with Gasteiger partial charge in [-0.15, -0.1) is 0 Å². The summed E-state index contributed by atoms with van der Waals surface area (Å²) in [5.41, 5.74) is 1.50. The fraction of sp³-hybridized carbons (Fsp3) is 0.100. The SMILES string of the molecule is Cc1ccc(NC(=O)Cn2c(O)c(C3=c4ccccc4=NC3=O)sc2=O)cc1Cl. The van der Waals surface area contributed by atoms with Crippen LogP contribution in [0.2, 0.25) is 5.02 Å². The Bertz CT molecular complexity index is 1360. The van der Waals surface area contributed by atoms with Gasteiger partial charge in [-0.1, -0.05) is 47.2 Å². The topological polar surface area (TPSA) is 101 Å². The highest BCUT2D eigenvalue weighted by molar-refractivity contribution is 7.11. The highest BCUT2D eigenvalue weighted by atomic mass is 35.5. The molecule has 0 unspecified atom stereocenters. The minimum absolute atomic E-state index is 0.0971. The van der Waals surface area contributed by atoms with Gasteiger partial charge in [-0.25, -0.2) is 4.99 Å². The Labute approximate surface area is 173 Å². The molecule has 2 aromatic carbocycles. The van der Waals surface area contributed by atoms with E-state index in [-0.39, 0.29) is 10.5 Å². The van der Waals surface area contributed by atoms with Crippen molar-refractivity contribution < 1.29 is 14.7 Å². The molecule has 1 aliphatic rings. The lowest BCUT2D eigenvalue weighted by molar-refractivity contribution is -0.117. The molecule has 0 spiro atoms. The number of halogens is 1. The third-order valence-corrected chi connectivity index (χ3v) is 5.86. The standard InChI is InChI=1S/C20H14ClN3O4S/c1-10-6-7-11(8-13(10)21)22-15(25)9-24-19(27)17(29-20(24)28)16-12-4-2-3-5-14(12)23-18(16)26/h2-8,27H,9H2,1H3,(H,22,25). The monoisotopic (exact) mass is 427 g/mol. The number of hydrogen-bond acceptors (Lipinski definition) is 5. The van der Waals surface area contributed by atoms with Crippen molar-refractivity contribution in [1.29, 1.82) is 0 Å². The third kappa shape index (κ3) is 3.48. The van der Waals surface area contributed by atoms with Crippen LogP contribution < -0.4 is 20.8 Å². The Morgan fingerprint density at radius 2 is 2.00 bits per heavy atom. The molecule has 1 aliphatic heterocycles. The number of fused-ring (bicyclic) bond motifs is 1. The molecule has 0 bridgehead atoms. The molecular formula is C20H14ClN3O4S. The van der Waals surface area contributed by atoms with Gasteiger partial charge in [0.15, 0.2) is 0 Å². The Morgan fingerprint density at radius 1 is 1.24 bits per heavy atom. The van der Waals surface area contributed by atoms with Gasteiger partial charge >= 0.3 is 4.87 Å². The minimum Gasteiger partial charge on any atom is -0.493 e. The minimum atomic E-state index is -0.556. The van der Waals surface area contributed by atoms with Gasteiger partial charge in [0, 0.05) is 15.9 Å². The highest BCUT2D eigenvalue weighted by Gasteiger charge is 2.26. The molecule has 0 atom stereocenters. The van der Waals surface area contributed by atoms with E-state index in [2.05, 4.69) is 10.3 Å². The molecule has 0 radical (unpaired) electrons. The first kappa shape index (κ1) is 19.1. The molecule has 4 rings (SSSR count). The number of thiazole rings is 1. The van der Waals surface area contributed by atoms with Crippen molar-refractivity contribution in [2.45, 2.75) is 13.5 Å². The van der Waals surface area contributed by atoms with Gasteiger partial charge in [-0.05, 0) is 30.7 Å².